The molecule has 5 nitrogen and oxygen atoms in total. The number of hydrogen-bond donors (Lipinski definition) is 2. The van der Waals surface area contributed by atoms with Crippen molar-refractivity contribution in [3.8, 4) is 0 Å². The minimum atomic E-state index is -0.266. The fraction of sp³-hybridized carbons (Fsp3) is 0.909. The Morgan fingerprint density at radius 2 is 2.06 bits per heavy atom. The lowest BCUT2D eigenvalue weighted by Crippen LogP contribution is -2.56. The molecule has 0 aromatic heterocycles. The Hall–Kier alpha value is -0.650. The molecule has 0 bridgehead atoms. The lowest BCUT2D eigenvalue weighted by atomic mass is 10.0. The van der Waals surface area contributed by atoms with Gasteiger partial charge in [0.25, 0.3) is 0 Å². The van der Waals surface area contributed by atoms with Crippen LogP contribution >= 0.6 is 0 Å². The lowest BCUT2D eigenvalue weighted by Gasteiger charge is -2.38. The molecule has 2 aliphatic heterocycles. The fourth-order valence-electron chi connectivity index (χ4n) is 2.28. The Morgan fingerprint density at radius 3 is 2.50 bits per heavy atom. The molecule has 2 fully saturated rings. The van der Waals surface area contributed by atoms with Gasteiger partial charge in [-0.2, -0.15) is 0 Å². The highest BCUT2D eigenvalue weighted by atomic mass is 16.3. The van der Waals surface area contributed by atoms with Gasteiger partial charge in [-0.3, -0.25) is 9.69 Å². The van der Waals surface area contributed by atoms with Gasteiger partial charge in [-0.25, -0.2) is 0 Å². The number of rotatable bonds is 3. The molecule has 2 atom stereocenters. The monoisotopic (exact) mass is 227 g/mol. The number of nitrogens with one attached hydrogen (secondary N) is 1. The Labute approximate surface area is 96.4 Å². The summed E-state index contributed by atoms with van der Waals surface area (Å²) in [6.07, 6.45) is 0.812. The first-order chi connectivity index (χ1) is 7.66. The summed E-state index contributed by atoms with van der Waals surface area (Å²) >= 11 is 0. The molecule has 0 saturated carbocycles. The highest BCUT2D eigenvalue weighted by Crippen LogP contribution is 2.10. The highest BCUT2D eigenvalue weighted by Gasteiger charge is 2.28. The second-order valence-corrected chi connectivity index (χ2v) is 4.72. The number of carbonyl (C=O) groups excluding carboxylic acids is 1. The molecule has 0 spiro atoms. The molecular weight excluding hydrogens is 206 g/mol. The summed E-state index contributed by atoms with van der Waals surface area (Å²) in [4.78, 5) is 15.2. The van der Waals surface area contributed by atoms with Crippen LogP contribution in [0.3, 0.4) is 0 Å². The fourth-order valence-corrected chi connectivity index (χ4v) is 2.28. The average Bonchev–Trinajstić information content (AvgIpc) is 2.15. The van der Waals surface area contributed by atoms with Crippen LogP contribution in [-0.2, 0) is 4.79 Å². The quantitative estimate of drug-likeness (QED) is 0.641. The molecule has 1 amide bonds. The van der Waals surface area contributed by atoms with E-state index in [1.807, 2.05) is 4.90 Å². The largest absolute Gasteiger partial charge is 0.390 e. The van der Waals surface area contributed by atoms with E-state index in [0.717, 1.165) is 45.7 Å². The van der Waals surface area contributed by atoms with Crippen LogP contribution < -0.4 is 5.32 Å². The zero-order chi connectivity index (χ0) is 11.5. The molecule has 2 rings (SSSR count). The number of β-amino-alcohol motifs (C(OH)–C–C–N with tert-alkyl or cyclic N) is 1. The zero-order valence-electron chi connectivity index (χ0n) is 9.85. The van der Waals surface area contributed by atoms with Crippen LogP contribution in [0, 0.1) is 0 Å². The smallest absolute Gasteiger partial charge is 0.219 e. The minimum absolute atomic E-state index is 0.154. The molecule has 5 heteroatoms. The summed E-state index contributed by atoms with van der Waals surface area (Å²) in [5, 5.41) is 13.1. The molecule has 0 aromatic rings. The van der Waals surface area contributed by atoms with Crippen molar-refractivity contribution >= 4 is 5.91 Å². The van der Waals surface area contributed by atoms with E-state index in [1.54, 1.807) is 6.92 Å². The van der Waals surface area contributed by atoms with Crippen LogP contribution in [0.4, 0.5) is 0 Å². The van der Waals surface area contributed by atoms with E-state index in [2.05, 4.69) is 10.2 Å². The van der Waals surface area contributed by atoms with Gasteiger partial charge >= 0.3 is 0 Å². The van der Waals surface area contributed by atoms with Crippen LogP contribution in [0.2, 0.25) is 0 Å². The molecule has 2 unspecified atom stereocenters. The molecule has 0 aliphatic carbocycles. The predicted molar refractivity (Wildman–Crippen MR) is 61.1 cm³/mol. The molecule has 16 heavy (non-hydrogen) atoms. The van der Waals surface area contributed by atoms with E-state index < -0.39 is 0 Å². The molecule has 2 N–H and O–H groups in total. The van der Waals surface area contributed by atoms with Crippen molar-refractivity contribution in [1.82, 2.24) is 15.1 Å². The molecule has 92 valence electrons. The number of nitrogens with zero attached hydrogens (tertiary/aromatic N) is 2. The van der Waals surface area contributed by atoms with Crippen molar-refractivity contribution in [3.63, 3.8) is 0 Å². The maximum absolute atomic E-state index is 11.1. The first-order valence-corrected chi connectivity index (χ1v) is 6.06. The van der Waals surface area contributed by atoms with Crippen molar-refractivity contribution < 1.29 is 9.90 Å². The van der Waals surface area contributed by atoms with E-state index in [1.165, 1.54) is 0 Å². The van der Waals surface area contributed by atoms with Crippen LogP contribution in [0.5, 0.6) is 0 Å². The van der Waals surface area contributed by atoms with Crippen molar-refractivity contribution in [1.29, 1.82) is 0 Å². The van der Waals surface area contributed by atoms with Crippen LogP contribution in [0.15, 0.2) is 0 Å². The number of hydrogen-bond acceptors (Lipinski definition) is 4. The van der Waals surface area contributed by atoms with Gasteiger partial charge in [-0.1, -0.05) is 0 Å². The highest BCUT2D eigenvalue weighted by molar-refractivity contribution is 5.73. The lowest BCUT2D eigenvalue weighted by molar-refractivity contribution is -0.130. The summed E-state index contributed by atoms with van der Waals surface area (Å²) in [5.41, 5.74) is 0. The van der Waals surface area contributed by atoms with E-state index in [-0.39, 0.29) is 18.1 Å². The predicted octanol–water partition coefficient (Wildman–Crippen LogP) is -1.13. The minimum Gasteiger partial charge on any atom is -0.390 e. The maximum Gasteiger partial charge on any atom is 0.219 e. The topological polar surface area (TPSA) is 55.8 Å². The van der Waals surface area contributed by atoms with E-state index in [4.69, 9.17) is 0 Å². The number of amides is 1. The third-order valence-corrected chi connectivity index (χ3v) is 3.59. The van der Waals surface area contributed by atoms with Gasteiger partial charge in [0.05, 0.1) is 6.10 Å². The van der Waals surface area contributed by atoms with Crippen molar-refractivity contribution in [2.75, 3.05) is 39.3 Å². The van der Waals surface area contributed by atoms with Crippen molar-refractivity contribution in [3.05, 3.63) is 0 Å². The maximum atomic E-state index is 11.1. The van der Waals surface area contributed by atoms with E-state index in [0.29, 0.717) is 0 Å². The van der Waals surface area contributed by atoms with Gasteiger partial charge in [0, 0.05) is 45.7 Å². The van der Waals surface area contributed by atoms with Gasteiger partial charge in [0.15, 0.2) is 0 Å². The third kappa shape index (κ3) is 2.72. The van der Waals surface area contributed by atoms with Crippen molar-refractivity contribution in [2.45, 2.75) is 25.5 Å². The Balaban J connectivity index is 1.70. The van der Waals surface area contributed by atoms with Crippen LogP contribution in [0.1, 0.15) is 13.3 Å². The number of aliphatic hydroxyl groups excluding tert-OH is 1. The van der Waals surface area contributed by atoms with Gasteiger partial charge < -0.3 is 15.3 Å². The van der Waals surface area contributed by atoms with Crippen LogP contribution in [-0.4, -0.2) is 72.2 Å². The summed E-state index contributed by atoms with van der Waals surface area (Å²) in [7, 11) is 0. The van der Waals surface area contributed by atoms with Gasteiger partial charge in [0.2, 0.25) is 5.91 Å². The molecule has 2 aliphatic rings. The molecule has 0 aromatic carbocycles. The summed E-state index contributed by atoms with van der Waals surface area (Å²) < 4.78 is 0. The normalized spacial score (nSPS) is 28.6. The second kappa shape index (κ2) is 5.12. The summed E-state index contributed by atoms with van der Waals surface area (Å²) in [5.74, 6) is 0.154. The summed E-state index contributed by atoms with van der Waals surface area (Å²) in [6.45, 7) is 6.71. The average molecular weight is 227 g/mol. The Kier molecular flexibility index (Phi) is 3.78. The zero-order valence-corrected chi connectivity index (χ0v) is 9.85. The van der Waals surface area contributed by atoms with E-state index >= 15 is 0 Å². The van der Waals surface area contributed by atoms with Crippen molar-refractivity contribution in [2.24, 2.45) is 0 Å². The van der Waals surface area contributed by atoms with Gasteiger partial charge in [0.1, 0.15) is 0 Å². The standard InChI is InChI=1S/C11H21N3O2/c1-9(15)14-6-4-13(5-7-14)8-11(16)10-2-3-12-10/h10-12,16H,2-8H2,1H3. The molecule has 2 saturated heterocycles. The summed E-state index contributed by atoms with van der Waals surface area (Å²) in [6, 6.07) is 0.283. The van der Waals surface area contributed by atoms with E-state index in [9.17, 15) is 9.90 Å². The van der Waals surface area contributed by atoms with Gasteiger partial charge in [-0.05, 0) is 13.0 Å². The third-order valence-electron chi connectivity index (χ3n) is 3.59. The Bertz CT molecular complexity index is 248. The molecule has 0 radical (unpaired) electrons. The first kappa shape index (κ1) is 11.8. The number of carbonyl (C=O) groups is 1. The van der Waals surface area contributed by atoms with Gasteiger partial charge in [-0.15, -0.1) is 0 Å². The molecule has 2 heterocycles. The second-order valence-electron chi connectivity index (χ2n) is 4.72. The first-order valence-electron chi connectivity index (χ1n) is 6.06. The Morgan fingerprint density at radius 1 is 1.44 bits per heavy atom. The number of aliphatic hydroxyl groups is 1. The van der Waals surface area contributed by atoms with Crippen LogP contribution in [0.25, 0.3) is 0 Å². The molecular formula is C11H21N3O2. The number of piperazine rings is 1. The SMILES string of the molecule is CC(=O)N1CCN(CC(O)C2CCN2)CC1.